The van der Waals surface area contributed by atoms with Crippen molar-refractivity contribution in [1.82, 2.24) is 9.97 Å². The topological polar surface area (TPSA) is 86.2 Å². The molecule has 0 N–H and O–H groups in total. The number of rotatable bonds is 4. The van der Waals surface area contributed by atoms with Crippen LogP contribution in [0.25, 0.3) is 45.1 Å². The first kappa shape index (κ1) is 19.5. The zero-order valence-corrected chi connectivity index (χ0v) is 18.0. The maximum atomic E-state index is 13.1. The molecule has 0 bridgehead atoms. The van der Waals surface area contributed by atoms with Gasteiger partial charge in [0.25, 0.3) is 0 Å². The highest BCUT2D eigenvalue weighted by Crippen LogP contribution is 2.29. The molecule has 6 rings (SSSR count). The van der Waals surface area contributed by atoms with Crippen LogP contribution in [0.5, 0.6) is 0 Å². The molecule has 7 heteroatoms. The number of oxazole rings is 2. The van der Waals surface area contributed by atoms with Gasteiger partial charge in [-0.25, -0.2) is 18.4 Å². The van der Waals surface area contributed by atoms with E-state index in [9.17, 15) is 8.42 Å². The average molecular weight is 452 g/mol. The molecule has 2 heterocycles. The zero-order chi connectivity index (χ0) is 22.4. The third kappa shape index (κ3) is 3.39. The second-order valence-corrected chi connectivity index (χ2v) is 9.48. The second-order valence-electron chi connectivity index (χ2n) is 7.53. The summed E-state index contributed by atoms with van der Waals surface area (Å²) in [6.07, 6.45) is 0. The lowest BCUT2D eigenvalue weighted by atomic mass is 10.2. The molecule has 0 aliphatic carbocycles. The van der Waals surface area contributed by atoms with E-state index < -0.39 is 9.84 Å². The summed E-state index contributed by atoms with van der Waals surface area (Å²) in [5.74, 6) is 0.894. The quantitative estimate of drug-likeness (QED) is 0.319. The molecule has 0 unspecified atom stereocenters. The first-order chi connectivity index (χ1) is 16.1. The lowest BCUT2D eigenvalue weighted by molar-refractivity contribution is 0.595. The normalized spacial score (nSPS) is 11.9. The second kappa shape index (κ2) is 7.43. The van der Waals surface area contributed by atoms with E-state index in [2.05, 4.69) is 9.97 Å². The average Bonchev–Trinajstić information content (AvgIpc) is 3.49. The van der Waals surface area contributed by atoms with E-state index in [1.807, 2.05) is 48.5 Å². The predicted octanol–water partition coefficient (Wildman–Crippen LogP) is 6.14. The van der Waals surface area contributed by atoms with Gasteiger partial charge in [0.15, 0.2) is 11.2 Å². The van der Waals surface area contributed by atoms with Crippen LogP contribution in [-0.2, 0) is 9.84 Å². The predicted molar refractivity (Wildman–Crippen MR) is 124 cm³/mol. The van der Waals surface area contributed by atoms with Gasteiger partial charge < -0.3 is 8.83 Å². The number of nitrogens with zero attached hydrogens (tertiary/aromatic N) is 2. The number of benzene rings is 4. The van der Waals surface area contributed by atoms with Crippen molar-refractivity contribution >= 4 is 32.0 Å². The molecule has 4 aromatic carbocycles. The molecule has 0 saturated heterocycles. The Morgan fingerprint density at radius 1 is 0.515 bits per heavy atom. The number of hydrogen-bond donors (Lipinski definition) is 0. The summed E-state index contributed by atoms with van der Waals surface area (Å²) >= 11 is 0. The van der Waals surface area contributed by atoms with E-state index in [0.717, 1.165) is 11.0 Å². The van der Waals surface area contributed by atoms with Crippen molar-refractivity contribution in [2.45, 2.75) is 9.79 Å². The maximum Gasteiger partial charge on any atom is 0.227 e. The first-order valence-corrected chi connectivity index (χ1v) is 11.7. The molecule has 6 aromatic rings. The summed E-state index contributed by atoms with van der Waals surface area (Å²) in [6.45, 7) is 0. The fourth-order valence-electron chi connectivity index (χ4n) is 3.68. The zero-order valence-electron chi connectivity index (χ0n) is 17.2. The van der Waals surface area contributed by atoms with Gasteiger partial charge in [0.1, 0.15) is 11.0 Å². The minimum Gasteiger partial charge on any atom is -0.436 e. The molecular formula is C26H16N2O4S. The van der Waals surface area contributed by atoms with Crippen molar-refractivity contribution in [1.29, 1.82) is 0 Å². The Morgan fingerprint density at radius 2 is 0.909 bits per heavy atom. The SMILES string of the molecule is O=S(=O)(c1ccc(-c2nc3ccccc3o2)cc1)c1ccc(-c2nc3ccccc3o2)cc1. The molecule has 0 fully saturated rings. The summed E-state index contributed by atoms with van der Waals surface area (Å²) < 4.78 is 37.8. The van der Waals surface area contributed by atoms with Crippen molar-refractivity contribution < 1.29 is 17.3 Å². The molecule has 0 aliphatic heterocycles. The maximum absolute atomic E-state index is 13.1. The van der Waals surface area contributed by atoms with Crippen molar-refractivity contribution in [2.75, 3.05) is 0 Å². The van der Waals surface area contributed by atoms with E-state index in [0.29, 0.717) is 34.1 Å². The van der Waals surface area contributed by atoms with E-state index in [-0.39, 0.29) is 9.79 Å². The Kier molecular flexibility index (Phi) is 4.38. The highest BCUT2D eigenvalue weighted by Gasteiger charge is 2.19. The fraction of sp³-hybridized carbons (Fsp3) is 0. The van der Waals surface area contributed by atoms with E-state index in [1.165, 1.54) is 0 Å². The Labute approximate surface area is 189 Å². The highest BCUT2D eigenvalue weighted by molar-refractivity contribution is 7.91. The monoisotopic (exact) mass is 452 g/mol. The Balaban J connectivity index is 1.29. The molecule has 160 valence electrons. The molecule has 2 aromatic heterocycles. The van der Waals surface area contributed by atoms with Crippen molar-refractivity contribution in [3.8, 4) is 22.9 Å². The van der Waals surface area contributed by atoms with Gasteiger partial charge in [-0.3, -0.25) is 0 Å². The van der Waals surface area contributed by atoms with Crippen molar-refractivity contribution in [3.63, 3.8) is 0 Å². The fourth-order valence-corrected chi connectivity index (χ4v) is 4.94. The van der Waals surface area contributed by atoms with Crippen molar-refractivity contribution in [2.24, 2.45) is 0 Å². The minimum absolute atomic E-state index is 0.192. The van der Waals surface area contributed by atoms with Crippen LogP contribution in [0.4, 0.5) is 0 Å². The van der Waals surface area contributed by atoms with Gasteiger partial charge in [0.05, 0.1) is 9.79 Å². The standard InChI is InChI=1S/C26H16N2O4S/c29-33(30,19-13-9-17(10-14-19)25-27-21-5-1-3-7-23(21)31-25)20-15-11-18(12-16-20)26-28-22-6-2-4-8-24(22)32-26/h1-16H. The van der Waals surface area contributed by atoms with Crippen LogP contribution < -0.4 is 0 Å². The van der Waals surface area contributed by atoms with E-state index in [4.69, 9.17) is 8.83 Å². The number of sulfone groups is 1. The van der Waals surface area contributed by atoms with Crippen LogP contribution in [-0.4, -0.2) is 18.4 Å². The minimum atomic E-state index is -3.69. The smallest absolute Gasteiger partial charge is 0.227 e. The van der Waals surface area contributed by atoms with Gasteiger partial charge >= 0.3 is 0 Å². The van der Waals surface area contributed by atoms with Gasteiger partial charge in [0.2, 0.25) is 21.6 Å². The van der Waals surface area contributed by atoms with Crippen LogP contribution in [0.2, 0.25) is 0 Å². The number of hydrogen-bond acceptors (Lipinski definition) is 6. The highest BCUT2D eigenvalue weighted by atomic mass is 32.2. The molecule has 0 spiro atoms. The lowest BCUT2D eigenvalue weighted by Crippen LogP contribution is -2.01. The molecule has 0 aliphatic rings. The molecule has 6 nitrogen and oxygen atoms in total. The summed E-state index contributed by atoms with van der Waals surface area (Å²) in [5.41, 5.74) is 4.28. The lowest BCUT2D eigenvalue weighted by Gasteiger charge is -2.06. The Hall–Kier alpha value is -4.23. The summed E-state index contributed by atoms with van der Waals surface area (Å²) in [5, 5.41) is 0. The van der Waals surface area contributed by atoms with Crippen LogP contribution in [0.3, 0.4) is 0 Å². The van der Waals surface area contributed by atoms with Crippen LogP contribution >= 0.6 is 0 Å². The van der Waals surface area contributed by atoms with Crippen molar-refractivity contribution in [3.05, 3.63) is 97.1 Å². The molecule has 0 radical (unpaired) electrons. The number of para-hydroxylation sites is 4. The Bertz CT molecular complexity index is 1520. The molecular weight excluding hydrogens is 436 g/mol. The van der Waals surface area contributed by atoms with Gasteiger partial charge in [-0.1, -0.05) is 24.3 Å². The summed E-state index contributed by atoms with van der Waals surface area (Å²) in [4.78, 5) is 9.30. The van der Waals surface area contributed by atoms with Crippen LogP contribution in [0, 0.1) is 0 Å². The summed E-state index contributed by atoms with van der Waals surface area (Å²) in [7, 11) is -3.69. The van der Waals surface area contributed by atoms with Gasteiger partial charge in [-0.15, -0.1) is 0 Å². The van der Waals surface area contributed by atoms with Gasteiger partial charge in [-0.05, 0) is 72.8 Å². The van der Waals surface area contributed by atoms with E-state index >= 15 is 0 Å². The summed E-state index contributed by atoms with van der Waals surface area (Å²) in [6, 6.07) is 28.0. The number of aromatic nitrogens is 2. The molecule has 0 amide bonds. The first-order valence-electron chi connectivity index (χ1n) is 10.2. The third-order valence-corrected chi connectivity index (χ3v) is 7.20. The molecule has 33 heavy (non-hydrogen) atoms. The van der Waals surface area contributed by atoms with Crippen LogP contribution in [0.1, 0.15) is 0 Å². The van der Waals surface area contributed by atoms with Crippen LogP contribution in [0.15, 0.2) is 116 Å². The molecule has 0 saturated carbocycles. The third-order valence-electron chi connectivity index (χ3n) is 5.41. The largest absolute Gasteiger partial charge is 0.436 e. The van der Waals surface area contributed by atoms with E-state index in [1.54, 1.807) is 48.5 Å². The van der Waals surface area contributed by atoms with Gasteiger partial charge in [-0.2, -0.15) is 0 Å². The molecule has 0 atom stereocenters. The number of fused-ring (bicyclic) bond motifs is 2. The van der Waals surface area contributed by atoms with Gasteiger partial charge in [0, 0.05) is 11.1 Å². The Morgan fingerprint density at radius 3 is 1.30 bits per heavy atom.